The Morgan fingerprint density at radius 1 is 1.00 bits per heavy atom. The molecule has 0 saturated heterocycles. The Morgan fingerprint density at radius 2 is 1.54 bits per heavy atom. The highest BCUT2D eigenvalue weighted by Crippen LogP contribution is 2.37. The third kappa shape index (κ3) is 4.33. The molecule has 0 radical (unpaired) electrons. The van der Waals surface area contributed by atoms with Crippen molar-refractivity contribution >= 4 is 15.9 Å². The van der Waals surface area contributed by atoms with Crippen LogP contribution in [-0.4, -0.2) is 20.6 Å². The first-order chi connectivity index (χ1) is 11.2. The highest BCUT2D eigenvalue weighted by atomic mass is 79.9. The molecule has 1 atom stereocenters. The Kier molecular flexibility index (Phi) is 5.61. The molecule has 0 aliphatic heterocycles. The quantitative estimate of drug-likeness (QED) is 0.799. The highest BCUT2D eigenvalue weighted by Gasteiger charge is 2.31. The molecule has 0 spiro atoms. The maximum Gasteiger partial charge on any atom is 0.573 e. The molecule has 4 nitrogen and oxygen atoms in total. The van der Waals surface area contributed by atoms with Crippen molar-refractivity contribution in [3.05, 3.63) is 52.0 Å². The predicted molar refractivity (Wildman–Crippen MR) is 86.4 cm³/mol. The number of rotatable bonds is 5. The van der Waals surface area contributed by atoms with Gasteiger partial charge in [-0.25, -0.2) is 0 Å². The van der Waals surface area contributed by atoms with E-state index in [1.165, 1.54) is 38.5 Å². The summed E-state index contributed by atoms with van der Waals surface area (Å²) in [5, 5.41) is 0. The molecule has 130 valence electrons. The van der Waals surface area contributed by atoms with Crippen LogP contribution in [0.25, 0.3) is 0 Å². The lowest BCUT2D eigenvalue weighted by Crippen LogP contribution is -2.17. The van der Waals surface area contributed by atoms with Crippen LogP contribution in [0, 0.1) is 0 Å². The smallest absolute Gasteiger partial charge is 0.493 e. The van der Waals surface area contributed by atoms with Gasteiger partial charge in [-0.1, -0.05) is 28.1 Å². The second-order valence-corrected chi connectivity index (χ2v) is 5.68. The van der Waals surface area contributed by atoms with Crippen molar-refractivity contribution in [2.24, 2.45) is 5.73 Å². The summed E-state index contributed by atoms with van der Waals surface area (Å²) in [6, 6.07) is 8.26. The number of ether oxygens (including phenoxy) is 3. The Morgan fingerprint density at radius 3 is 2.04 bits per heavy atom. The predicted octanol–water partition coefficient (Wildman–Crippen LogP) is 4.41. The van der Waals surface area contributed by atoms with E-state index in [0.29, 0.717) is 27.1 Å². The zero-order valence-corrected chi connectivity index (χ0v) is 14.4. The van der Waals surface area contributed by atoms with E-state index in [-0.39, 0.29) is 5.75 Å². The lowest BCUT2D eigenvalue weighted by molar-refractivity contribution is -0.274. The number of hydrogen-bond donors (Lipinski definition) is 1. The van der Waals surface area contributed by atoms with Crippen LogP contribution < -0.4 is 19.9 Å². The first-order valence-electron chi connectivity index (χ1n) is 6.78. The third-order valence-electron chi connectivity index (χ3n) is 3.31. The Balaban J connectivity index is 2.30. The number of hydrogen-bond acceptors (Lipinski definition) is 4. The van der Waals surface area contributed by atoms with Gasteiger partial charge in [0.25, 0.3) is 0 Å². The minimum absolute atomic E-state index is 0.301. The van der Waals surface area contributed by atoms with Crippen molar-refractivity contribution in [2.45, 2.75) is 12.4 Å². The number of alkyl halides is 3. The molecule has 2 N–H and O–H groups in total. The average Bonchev–Trinajstić information content (AvgIpc) is 2.53. The van der Waals surface area contributed by atoms with Crippen molar-refractivity contribution in [2.75, 3.05) is 14.2 Å². The van der Waals surface area contributed by atoms with E-state index < -0.39 is 12.4 Å². The molecule has 24 heavy (non-hydrogen) atoms. The fraction of sp³-hybridized carbons (Fsp3) is 0.250. The molecule has 0 saturated carbocycles. The van der Waals surface area contributed by atoms with Gasteiger partial charge in [-0.3, -0.25) is 0 Å². The highest BCUT2D eigenvalue weighted by molar-refractivity contribution is 9.10. The van der Waals surface area contributed by atoms with Crippen molar-refractivity contribution in [3.63, 3.8) is 0 Å². The number of halogens is 4. The van der Waals surface area contributed by atoms with Gasteiger partial charge in [0.15, 0.2) is 11.5 Å². The Hall–Kier alpha value is -1.93. The van der Waals surface area contributed by atoms with Crippen LogP contribution in [0.3, 0.4) is 0 Å². The Labute approximate surface area is 145 Å². The summed E-state index contributed by atoms with van der Waals surface area (Å²) < 4.78 is 51.6. The van der Waals surface area contributed by atoms with E-state index in [1.54, 1.807) is 12.1 Å². The summed E-state index contributed by atoms with van der Waals surface area (Å²) in [5.74, 6) is 0.738. The largest absolute Gasteiger partial charge is 0.573 e. The maximum atomic E-state index is 12.2. The normalized spacial score (nSPS) is 12.6. The van der Waals surface area contributed by atoms with Crippen LogP contribution in [0.15, 0.2) is 40.9 Å². The summed E-state index contributed by atoms with van der Waals surface area (Å²) in [6.45, 7) is 0. The van der Waals surface area contributed by atoms with Crippen molar-refractivity contribution < 1.29 is 27.4 Å². The molecule has 0 aliphatic carbocycles. The molecule has 2 aromatic carbocycles. The van der Waals surface area contributed by atoms with E-state index >= 15 is 0 Å². The molecular weight excluding hydrogens is 391 g/mol. The second-order valence-electron chi connectivity index (χ2n) is 4.82. The van der Waals surface area contributed by atoms with Crippen molar-refractivity contribution in [1.82, 2.24) is 0 Å². The van der Waals surface area contributed by atoms with Gasteiger partial charge in [-0.05, 0) is 35.4 Å². The molecule has 0 aromatic heterocycles. The molecule has 0 aliphatic rings. The molecule has 0 heterocycles. The van der Waals surface area contributed by atoms with Gasteiger partial charge in [0.2, 0.25) is 0 Å². The van der Waals surface area contributed by atoms with Gasteiger partial charge in [-0.2, -0.15) is 0 Å². The van der Waals surface area contributed by atoms with Gasteiger partial charge in [0.1, 0.15) is 5.75 Å². The molecule has 2 aromatic rings. The second kappa shape index (κ2) is 7.31. The Bertz CT molecular complexity index is 705. The average molecular weight is 406 g/mol. The van der Waals surface area contributed by atoms with Crippen LogP contribution in [-0.2, 0) is 0 Å². The topological polar surface area (TPSA) is 53.7 Å². The van der Waals surface area contributed by atoms with Gasteiger partial charge in [-0.15, -0.1) is 13.2 Å². The maximum absolute atomic E-state index is 12.2. The van der Waals surface area contributed by atoms with Crippen LogP contribution in [0.2, 0.25) is 0 Å². The number of methoxy groups -OCH3 is 2. The lowest BCUT2D eigenvalue weighted by atomic mass is 9.99. The minimum atomic E-state index is -4.73. The zero-order chi connectivity index (χ0) is 17.9. The summed E-state index contributed by atoms with van der Waals surface area (Å²) >= 11 is 3.41. The molecule has 0 fully saturated rings. The van der Waals surface area contributed by atoms with Gasteiger partial charge in [0, 0.05) is 4.47 Å². The van der Waals surface area contributed by atoms with Crippen LogP contribution in [0.5, 0.6) is 17.2 Å². The van der Waals surface area contributed by atoms with Gasteiger partial charge >= 0.3 is 6.36 Å². The monoisotopic (exact) mass is 405 g/mol. The first-order valence-corrected chi connectivity index (χ1v) is 7.57. The van der Waals surface area contributed by atoms with Crippen molar-refractivity contribution in [1.29, 1.82) is 0 Å². The summed E-state index contributed by atoms with van der Waals surface area (Å²) in [5.41, 5.74) is 7.55. The fourth-order valence-corrected chi connectivity index (χ4v) is 2.73. The summed E-state index contributed by atoms with van der Waals surface area (Å²) in [7, 11) is 3.02. The van der Waals surface area contributed by atoms with Gasteiger partial charge in [0.05, 0.1) is 20.3 Å². The zero-order valence-electron chi connectivity index (χ0n) is 12.9. The first kappa shape index (κ1) is 18.4. The molecule has 8 heteroatoms. The third-order valence-corrected chi connectivity index (χ3v) is 4.00. The van der Waals surface area contributed by atoms with E-state index in [0.717, 1.165) is 0 Å². The van der Waals surface area contributed by atoms with E-state index in [9.17, 15) is 13.2 Å². The molecule has 2 rings (SSSR count). The van der Waals surface area contributed by atoms with Gasteiger partial charge < -0.3 is 19.9 Å². The standard InChI is InChI=1S/C16H15BrF3NO3/c1-22-13-7-11(12(17)8-14(13)23-2)15(21)9-3-5-10(6-4-9)24-16(18,19)20/h3-8,15H,21H2,1-2H3/t15-/m1/s1. The lowest BCUT2D eigenvalue weighted by Gasteiger charge is -2.18. The van der Waals surface area contributed by atoms with Crippen LogP contribution >= 0.6 is 15.9 Å². The fourth-order valence-electron chi connectivity index (χ4n) is 2.16. The molecular formula is C16H15BrF3NO3. The van der Waals surface area contributed by atoms with E-state index in [2.05, 4.69) is 20.7 Å². The van der Waals surface area contributed by atoms with Crippen LogP contribution in [0.4, 0.5) is 13.2 Å². The summed E-state index contributed by atoms with van der Waals surface area (Å²) in [4.78, 5) is 0. The number of benzene rings is 2. The van der Waals surface area contributed by atoms with E-state index in [4.69, 9.17) is 15.2 Å². The SMILES string of the molecule is COc1cc(Br)c([C@H](N)c2ccc(OC(F)(F)F)cc2)cc1OC. The van der Waals surface area contributed by atoms with Crippen LogP contribution in [0.1, 0.15) is 17.2 Å². The number of nitrogens with two attached hydrogens (primary N) is 1. The molecule has 0 amide bonds. The summed E-state index contributed by atoms with van der Waals surface area (Å²) in [6.07, 6.45) is -4.73. The molecule has 0 unspecified atom stereocenters. The van der Waals surface area contributed by atoms with E-state index in [1.807, 2.05) is 0 Å². The minimum Gasteiger partial charge on any atom is -0.493 e. The molecule has 0 bridgehead atoms. The van der Waals surface area contributed by atoms with Crippen molar-refractivity contribution in [3.8, 4) is 17.2 Å².